The largest absolute Gasteiger partial charge is 0.352 e. The van der Waals surface area contributed by atoms with Crippen LogP contribution in [0.15, 0.2) is 35.9 Å². The van der Waals surface area contributed by atoms with Gasteiger partial charge in [0.2, 0.25) is 0 Å². The molecule has 0 aliphatic heterocycles. The van der Waals surface area contributed by atoms with E-state index < -0.39 is 0 Å². The Morgan fingerprint density at radius 2 is 2.18 bits per heavy atom. The lowest BCUT2D eigenvalue weighted by Crippen LogP contribution is -2.25. The molecule has 0 heterocycles. The molecule has 3 heteroatoms. The summed E-state index contributed by atoms with van der Waals surface area (Å²) in [6, 6.07) is 7.67. The number of rotatable bonds is 4. The summed E-state index contributed by atoms with van der Waals surface area (Å²) in [6.07, 6.45) is 6.99. The molecule has 1 amide bonds. The summed E-state index contributed by atoms with van der Waals surface area (Å²) in [4.78, 5) is 11.9. The maximum Gasteiger partial charge on any atom is 0.252 e. The number of hydrogen-bond donors (Lipinski definition) is 1. The van der Waals surface area contributed by atoms with Crippen LogP contribution in [0.5, 0.6) is 0 Å². The Bertz CT molecular complexity index is 440. The van der Waals surface area contributed by atoms with E-state index in [-0.39, 0.29) is 5.91 Å². The lowest BCUT2D eigenvalue weighted by atomic mass is 10.1. The predicted octanol–water partition coefficient (Wildman–Crippen LogP) is 3.52. The number of amides is 1. The van der Waals surface area contributed by atoms with E-state index >= 15 is 0 Å². The Hall–Kier alpha value is -0.840. The zero-order chi connectivity index (χ0) is 12.1. The standard InChI is InChI=1S/C14H16INO/c15-13-8-4-3-7-12(13)14(17)16-10-9-11-5-1-2-6-11/h3-5,7-8H,1-2,6,9-10H2,(H,16,17). The van der Waals surface area contributed by atoms with E-state index in [9.17, 15) is 4.79 Å². The first-order valence-electron chi connectivity index (χ1n) is 5.98. The van der Waals surface area contributed by atoms with Crippen molar-refractivity contribution in [2.45, 2.75) is 25.7 Å². The van der Waals surface area contributed by atoms with Gasteiger partial charge < -0.3 is 5.32 Å². The Morgan fingerprint density at radius 3 is 2.88 bits per heavy atom. The van der Waals surface area contributed by atoms with Gasteiger partial charge in [-0.05, 0) is 60.4 Å². The van der Waals surface area contributed by atoms with Crippen LogP contribution in [0.25, 0.3) is 0 Å². The van der Waals surface area contributed by atoms with Gasteiger partial charge in [0.25, 0.3) is 5.91 Å². The van der Waals surface area contributed by atoms with Crippen LogP contribution in [0, 0.1) is 3.57 Å². The average Bonchev–Trinajstić information content (AvgIpc) is 2.82. The number of hydrogen-bond acceptors (Lipinski definition) is 1. The van der Waals surface area contributed by atoms with Gasteiger partial charge in [-0.25, -0.2) is 0 Å². The average molecular weight is 341 g/mol. The third kappa shape index (κ3) is 3.56. The summed E-state index contributed by atoms with van der Waals surface area (Å²) >= 11 is 2.19. The van der Waals surface area contributed by atoms with Crippen molar-refractivity contribution in [1.82, 2.24) is 5.32 Å². The maximum absolute atomic E-state index is 11.9. The molecular formula is C14H16INO. The van der Waals surface area contributed by atoms with Crippen molar-refractivity contribution in [2.75, 3.05) is 6.54 Å². The molecule has 0 saturated carbocycles. The summed E-state index contributed by atoms with van der Waals surface area (Å²) in [7, 11) is 0. The molecule has 0 spiro atoms. The molecule has 1 N–H and O–H groups in total. The minimum atomic E-state index is 0.0357. The number of carbonyl (C=O) groups is 1. The van der Waals surface area contributed by atoms with E-state index in [4.69, 9.17) is 0 Å². The first-order chi connectivity index (χ1) is 8.27. The molecule has 0 bridgehead atoms. The second-order valence-corrected chi connectivity index (χ2v) is 5.40. The highest BCUT2D eigenvalue weighted by molar-refractivity contribution is 14.1. The SMILES string of the molecule is O=C(NCCC1=CCCC1)c1ccccc1I. The van der Waals surface area contributed by atoms with Gasteiger partial charge in [-0.1, -0.05) is 23.8 Å². The summed E-state index contributed by atoms with van der Waals surface area (Å²) in [5, 5.41) is 2.98. The third-order valence-corrected chi connectivity index (χ3v) is 3.93. The zero-order valence-corrected chi connectivity index (χ0v) is 11.9. The molecule has 0 unspecified atom stereocenters. The molecule has 17 heavy (non-hydrogen) atoms. The molecule has 0 saturated heterocycles. The molecule has 1 aliphatic rings. The van der Waals surface area contributed by atoms with E-state index in [1.807, 2.05) is 24.3 Å². The van der Waals surface area contributed by atoms with Crippen LogP contribution in [0.3, 0.4) is 0 Å². The van der Waals surface area contributed by atoms with Crippen LogP contribution in [-0.2, 0) is 0 Å². The quantitative estimate of drug-likeness (QED) is 0.659. The van der Waals surface area contributed by atoms with Crippen molar-refractivity contribution in [3.63, 3.8) is 0 Å². The number of halogens is 1. The molecule has 2 nitrogen and oxygen atoms in total. The van der Waals surface area contributed by atoms with Crippen molar-refractivity contribution < 1.29 is 4.79 Å². The van der Waals surface area contributed by atoms with E-state index in [2.05, 4.69) is 34.0 Å². The summed E-state index contributed by atoms with van der Waals surface area (Å²) in [5.74, 6) is 0.0357. The summed E-state index contributed by atoms with van der Waals surface area (Å²) in [6.45, 7) is 0.746. The number of allylic oxidation sites excluding steroid dienone is 1. The maximum atomic E-state index is 11.9. The number of benzene rings is 1. The molecule has 0 atom stereocenters. The molecule has 0 aromatic heterocycles. The first kappa shape index (κ1) is 12.6. The van der Waals surface area contributed by atoms with Crippen LogP contribution in [0.4, 0.5) is 0 Å². The fourth-order valence-electron chi connectivity index (χ4n) is 2.04. The lowest BCUT2D eigenvalue weighted by molar-refractivity contribution is 0.0953. The Kier molecular flexibility index (Phi) is 4.59. The van der Waals surface area contributed by atoms with Crippen LogP contribution in [-0.4, -0.2) is 12.5 Å². The van der Waals surface area contributed by atoms with E-state index in [1.54, 1.807) is 0 Å². The second-order valence-electron chi connectivity index (χ2n) is 4.24. The minimum absolute atomic E-state index is 0.0357. The van der Waals surface area contributed by atoms with Crippen molar-refractivity contribution in [3.05, 3.63) is 45.0 Å². The molecular weight excluding hydrogens is 325 g/mol. The topological polar surface area (TPSA) is 29.1 Å². The third-order valence-electron chi connectivity index (χ3n) is 2.99. The van der Waals surface area contributed by atoms with Gasteiger partial charge in [-0.15, -0.1) is 0 Å². The van der Waals surface area contributed by atoms with Gasteiger partial charge in [0.15, 0.2) is 0 Å². The van der Waals surface area contributed by atoms with Crippen molar-refractivity contribution >= 4 is 28.5 Å². The number of carbonyl (C=O) groups excluding carboxylic acids is 1. The zero-order valence-electron chi connectivity index (χ0n) is 9.71. The summed E-state index contributed by atoms with van der Waals surface area (Å²) in [5.41, 5.74) is 2.27. The van der Waals surface area contributed by atoms with Gasteiger partial charge >= 0.3 is 0 Å². The monoisotopic (exact) mass is 341 g/mol. The fourth-order valence-corrected chi connectivity index (χ4v) is 2.67. The van der Waals surface area contributed by atoms with Crippen LogP contribution in [0.1, 0.15) is 36.0 Å². The number of nitrogens with one attached hydrogen (secondary N) is 1. The van der Waals surface area contributed by atoms with Gasteiger partial charge in [-0.2, -0.15) is 0 Å². The Balaban J connectivity index is 1.83. The van der Waals surface area contributed by atoms with Crippen LogP contribution in [0.2, 0.25) is 0 Å². The molecule has 1 aromatic carbocycles. The fraction of sp³-hybridized carbons (Fsp3) is 0.357. The van der Waals surface area contributed by atoms with E-state index in [0.29, 0.717) is 0 Å². The van der Waals surface area contributed by atoms with Crippen LogP contribution < -0.4 is 5.32 Å². The van der Waals surface area contributed by atoms with Crippen molar-refractivity contribution in [1.29, 1.82) is 0 Å². The van der Waals surface area contributed by atoms with Crippen molar-refractivity contribution in [2.24, 2.45) is 0 Å². The highest BCUT2D eigenvalue weighted by atomic mass is 127. The molecule has 2 rings (SSSR count). The normalized spacial score (nSPS) is 14.5. The molecule has 0 fully saturated rings. The predicted molar refractivity (Wildman–Crippen MR) is 78.0 cm³/mol. The smallest absolute Gasteiger partial charge is 0.252 e. The van der Waals surface area contributed by atoms with Gasteiger partial charge in [0, 0.05) is 10.1 Å². The van der Waals surface area contributed by atoms with Gasteiger partial charge in [0.1, 0.15) is 0 Å². The Morgan fingerprint density at radius 1 is 1.35 bits per heavy atom. The van der Waals surface area contributed by atoms with Gasteiger partial charge in [0.05, 0.1) is 5.56 Å². The lowest BCUT2D eigenvalue weighted by Gasteiger charge is -2.07. The molecule has 0 radical (unpaired) electrons. The highest BCUT2D eigenvalue weighted by Crippen LogP contribution is 2.19. The van der Waals surface area contributed by atoms with Crippen LogP contribution >= 0.6 is 22.6 Å². The van der Waals surface area contributed by atoms with E-state index in [1.165, 1.54) is 24.8 Å². The van der Waals surface area contributed by atoms with E-state index in [0.717, 1.165) is 22.1 Å². The highest BCUT2D eigenvalue weighted by Gasteiger charge is 2.09. The summed E-state index contributed by atoms with van der Waals surface area (Å²) < 4.78 is 1.00. The molecule has 90 valence electrons. The molecule has 1 aliphatic carbocycles. The Labute approximate surface area is 116 Å². The first-order valence-corrected chi connectivity index (χ1v) is 7.06. The van der Waals surface area contributed by atoms with Crippen molar-refractivity contribution in [3.8, 4) is 0 Å². The van der Waals surface area contributed by atoms with Gasteiger partial charge in [-0.3, -0.25) is 4.79 Å². The minimum Gasteiger partial charge on any atom is -0.352 e. The molecule has 1 aromatic rings. The second kappa shape index (κ2) is 6.19.